The number of nitrogens with zero attached hydrogens (tertiary/aromatic N) is 2. The van der Waals surface area contributed by atoms with E-state index in [0.717, 1.165) is 24.5 Å². The molecule has 140 valence electrons. The molecule has 0 aliphatic carbocycles. The van der Waals surface area contributed by atoms with E-state index >= 15 is 0 Å². The molecule has 6 heteroatoms. The van der Waals surface area contributed by atoms with Gasteiger partial charge in [-0.15, -0.1) is 0 Å². The molecular formula is C21H23N3O3. The van der Waals surface area contributed by atoms with Gasteiger partial charge in [0.25, 0.3) is 5.91 Å². The fraction of sp³-hybridized carbons (Fsp3) is 0.286. The first-order chi connectivity index (χ1) is 13.3. The molecule has 1 atom stereocenters. The van der Waals surface area contributed by atoms with Gasteiger partial charge in [0, 0.05) is 43.3 Å². The van der Waals surface area contributed by atoms with E-state index in [1.54, 1.807) is 6.26 Å². The highest BCUT2D eigenvalue weighted by atomic mass is 16.5. The van der Waals surface area contributed by atoms with Crippen LogP contribution in [-0.4, -0.2) is 48.2 Å². The van der Waals surface area contributed by atoms with Gasteiger partial charge < -0.3 is 19.0 Å². The molecule has 1 saturated heterocycles. The number of hydrogen-bond acceptors (Lipinski definition) is 4. The highest BCUT2D eigenvalue weighted by molar-refractivity contribution is 5.94. The van der Waals surface area contributed by atoms with Gasteiger partial charge in [0.2, 0.25) is 0 Å². The van der Waals surface area contributed by atoms with Crippen LogP contribution in [0.1, 0.15) is 22.2 Å². The first-order valence-corrected chi connectivity index (χ1v) is 9.18. The fourth-order valence-electron chi connectivity index (χ4n) is 3.39. The van der Waals surface area contributed by atoms with E-state index in [1.807, 2.05) is 65.5 Å². The van der Waals surface area contributed by atoms with Gasteiger partial charge in [-0.25, -0.2) is 0 Å². The van der Waals surface area contributed by atoms with Crippen LogP contribution in [0.5, 0.6) is 0 Å². The quantitative estimate of drug-likeness (QED) is 0.730. The largest absolute Gasteiger partial charge is 0.468 e. The molecule has 3 aromatic rings. The lowest BCUT2D eigenvalue weighted by Crippen LogP contribution is -2.43. The molecule has 1 N–H and O–H groups in total. The van der Waals surface area contributed by atoms with Gasteiger partial charge in [-0.05, 0) is 42.5 Å². The Hall–Kier alpha value is -2.83. The van der Waals surface area contributed by atoms with E-state index in [2.05, 4.69) is 10.2 Å². The maximum Gasteiger partial charge on any atom is 0.251 e. The van der Waals surface area contributed by atoms with E-state index in [0.29, 0.717) is 25.3 Å². The number of nitrogens with one attached hydrogen (secondary N) is 1. The molecule has 6 nitrogen and oxygen atoms in total. The molecule has 1 aromatic carbocycles. The third-order valence-electron chi connectivity index (χ3n) is 4.82. The Morgan fingerprint density at radius 3 is 2.63 bits per heavy atom. The lowest BCUT2D eigenvalue weighted by atomic mass is 10.1. The topological polar surface area (TPSA) is 59.6 Å². The van der Waals surface area contributed by atoms with Gasteiger partial charge in [-0.2, -0.15) is 0 Å². The Morgan fingerprint density at radius 2 is 1.89 bits per heavy atom. The number of carbonyl (C=O) groups excluding carboxylic acids is 1. The van der Waals surface area contributed by atoms with E-state index in [4.69, 9.17) is 9.15 Å². The Bertz CT molecular complexity index is 853. The predicted octanol–water partition coefficient (Wildman–Crippen LogP) is 2.87. The molecule has 1 amide bonds. The molecule has 1 aliphatic heterocycles. The van der Waals surface area contributed by atoms with E-state index < -0.39 is 0 Å². The number of furan rings is 1. The number of aromatic nitrogens is 1. The minimum absolute atomic E-state index is 0.000446. The van der Waals surface area contributed by atoms with Crippen molar-refractivity contribution in [1.29, 1.82) is 0 Å². The summed E-state index contributed by atoms with van der Waals surface area (Å²) in [7, 11) is 0. The minimum Gasteiger partial charge on any atom is -0.468 e. The number of morpholine rings is 1. The van der Waals surface area contributed by atoms with Gasteiger partial charge >= 0.3 is 0 Å². The average molecular weight is 365 g/mol. The molecule has 1 fully saturated rings. The van der Waals surface area contributed by atoms with Crippen LogP contribution in [0.4, 0.5) is 0 Å². The summed E-state index contributed by atoms with van der Waals surface area (Å²) in [6, 6.07) is 15.4. The lowest BCUT2D eigenvalue weighted by Gasteiger charge is -2.33. The second kappa shape index (κ2) is 8.24. The van der Waals surface area contributed by atoms with Crippen LogP contribution in [0.25, 0.3) is 5.69 Å². The highest BCUT2D eigenvalue weighted by Gasteiger charge is 2.25. The number of amides is 1. The zero-order chi connectivity index (χ0) is 18.5. The average Bonchev–Trinajstić information content (AvgIpc) is 3.43. The van der Waals surface area contributed by atoms with Gasteiger partial charge in [-0.3, -0.25) is 9.69 Å². The predicted molar refractivity (Wildman–Crippen MR) is 102 cm³/mol. The van der Waals surface area contributed by atoms with Crippen LogP contribution in [0.15, 0.2) is 71.6 Å². The molecular weight excluding hydrogens is 342 g/mol. The molecule has 3 heterocycles. The molecule has 27 heavy (non-hydrogen) atoms. The third kappa shape index (κ3) is 4.13. The number of benzene rings is 1. The van der Waals surface area contributed by atoms with Crippen LogP contribution in [0.2, 0.25) is 0 Å². The minimum atomic E-state index is -0.0891. The Morgan fingerprint density at radius 1 is 1.07 bits per heavy atom. The second-order valence-electron chi connectivity index (χ2n) is 6.53. The molecule has 0 spiro atoms. The fourth-order valence-corrected chi connectivity index (χ4v) is 3.39. The van der Waals surface area contributed by atoms with Crippen molar-refractivity contribution in [3.8, 4) is 5.69 Å². The van der Waals surface area contributed by atoms with Crippen molar-refractivity contribution in [3.63, 3.8) is 0 Å². The van der Waals surface area contributed by atoms with Gasteiger partial charge in [0.1, 0.15) is 5.76 Å². The van der Waals surface area contributed by atoms with Crippen LogP contribution in [0.3, 0.4) is 0 Å². The summed E-state index contributed by atoms with van der Waals surface area (Å²) in [6.07, 6.45) is 5.59. The van der Waals surface area contributed by atoms with Crippen molar-refractivity contribution >= 4 is 5.91 Å². The van der Waals surface area contributed by atoms with Crippen molar-refractivity contribution in [3.05, 3.63) is 78.5 Å². The summed E-state index contributed by atoms with van der Waals surface area (Å²) < 4.78 is 13.0. The first-order valence-electron chi connectivity index (χ1n) is 9.18. The van der Waals surface area contributed by atoms with E-state index in [-0.39, 0.29) is 11.9 Å². The van der Waals surface area contributed by atoms with Gasteiger partial charge in [0.15, 0.2) is 0 Å². The second-order valence-corrected chi connectivity index (χ2v) is 6.53. The number of rotatable bonds is 6. The molecule has 1 aliphatic rings. The molecule has 2 aromatic heterocycles. The molecule has 0 saturated carbocycles. The van der Waals surface area contributed by atoms with Gasteiger partial charge in [0.05, 0.1) is 25.5 Å². The summed E-state index contributed by atoms with van der Waals surface area (Å²) in [4.78, 5) is 15.0. The standard InChI is InChI=1S/C21H23N3O3/c25-21(17-5-3-6-18(15-17)23-8-1-2-9-23)22-16-19(20-7-4-12-27-20)24-10-13-26-14-11-24/h1-9,12,15,19H,10-11,13-14,16H2,(H,22,25). The van der Waals surface area contributed by atoms with Crippen LogP contribution in [0, 0.1) is 0 Å². The Labute approximate surface area is 158 Å². The van der Waals surface area contributed by atoms with Crippen molar-refractivity contribution in [1.82, 2.24) is 14.8 Å². The number of ether oxygens (including phenoxy) is 1. The third-order valence-corrected chi connectivity index (χ3v) is 4.82. The maximum atomic E-state index is 12.7. The summed E-state index contributed by atoms with van der Waals surface area (Å²) >= 11 is 0. The Kier molecular flexibility index (Phi) is 5.37. The zero-order valence-corrected chi connectivity index (χ0v) is 15.1. The smallest absolute Gasteiger partial charge is 0.251 e. The first kappa shape index (κ1) is 17.6. The SMILES string of the molecule is O=C(NCC(c1ccco1)N1CCOCC1)c1cccc(-n2cccc2)c1. The number of hydrogen-bond donors (Lipinski definition) is 1. The molecule has 0 radical (unpaired) electrons. The summed E-state index contributed by atoms with van der Waals surface area (Å²) in [6.45, 7) is 3.53. The van der Waals surface area contributed by atoms with Crippen LogP contribution < -0.4 is 5.32 Å². The van der Waals surface area contributed by atoms with Crippen LogP contribution in [-0.2, 0) is 4.74 Å². The van der Waals surface area contributed by atoms with Crippen molar-refractivity contribution < 1.29 is 13.9 Å². The zero-order valence-electron chi connectivity index (χ0n) is 15.1. The van der Waals surface area contributed by atoms with Crippen molar-refractivity contribution in [2.45, 2.75) is 6.04 Å². The summed E-state index contributed by atoms with van der Waals surface area (Å²) in [5.74, 6) is 0.770. The molecule has 1 unspecified atom stereocenters. The maximum absolute atomic E-state index is 12.7. The monoisotopic (exact) mass is 365 g/mol. The van der Waals surface area contributed by atoms with Gasteiger partial charge in [-0.1, -0.05) is 6.07 Å². The lowest BCUT2D eigenvalue weighted by molar-refractivity contribution is 0.0118. The summed E-state index contributed by atoms with van der Waals surface area (Å²) in [5.41, 5.74) is 1.60. The number of carbonyl (C=O) groups is 1. The van der Waals surface area contributed by atoms with Crippen LogP contribution >= 0.6 is 0 Å². The highest BCUT2D eigenvalue weighted by Crippen LogP contribution is 2.22. The van der Waals surface area contributed by atoms with E-state index in [9.17, 15) is 4.79 Å². The Balaban J connectivity index is 1.46. The van der Waals surface area contributed by atoms with E-state index in [1.165, 1.54) is 0 Å². The molecule has 0 bridgehead atoms. The molecule has 4 rings (SSSR count). The van der Waals surface area contributed by atoms with Crippen molar-refractivity contribution in [2.24, 2.45) is 0 Å². The summed E-state index contributed by atoms with van der Waals surface area (Å²) in [5, 5.41) is 3.07. The normalized spacial score (nSPS) is 16.1. The van der Waals surface area contributed by atoms with Crippen molar-refractivity contribution in [2.75, 3.05) is 32.8 Å².